The maximum atomic E-state index is 12.0. The van der Waals surface area contributed by atoms with Crippen molar-refractivity contribution in [3.05, 3.63) is 29.8 Å². The summed E-state index contributed by atoms with van der Waals surface area (Å²) in [4.78, 5) is 13.3. The summed E-state index contributed by atoms with van der Waals surface area (Å²) >= 11 is 1.95. The topological polar surface area (TPSA) is 41.1 Å². The molecule has 1 saturated carbocycles. The maximum Gasteiger partial charge on any atom is 0.220 e. The molecule has 1 aliphatic rings. The van der Waals surface area contributed by atoms with Gasteiger partial charge in [0, 0.05) is 22.6 Å². The molecule has 3 nitrogen and oxygen atoms in total. The largest absolute Gasteiger partial charge is 0.355 e. The van der Waals surface area contributed by atoms with Gasteiger partial charge in [-0.05, 0) is 51.9 Å². The average Bonchev–Trinajstić information content (AvgIpc) is 2.97. The Morgan fingerprint density at radius 1 is 1.23 bits per heavy atom. The zero-order valence-electron chi connectivity index (χ0n) is 13.8. The Hall–Kier alpha value is -1.00. The van der Waals surface area contributed by atoms with Gasteiger partial charge in [-0.25, -0.2) is 0 Å². The first-order valence-electron chi connectivity index (χ1n) is 8.31. The predicted octanol–water partition coefficient (Wildman–Crippen LogP) is 3.52. The van der Waals surface area contributed by atoms with Crippen LogP contribution in [0.15, 0.2) is 29.2 Å². The zero-order chi connectivity index (χ0) is 15.8. The molecule has 1 aromatic carbocycles. The number of benzene rings is 1. The number of amides is 1. The van der Waals surface area contributed by atoms with Crippen LogP contribution in [0, 0.1) is 6.92 Å². The number of rotatable bonds is 8. The van der Waals surface area contributed by atoms with Crippen molar-refractivity contribution in [1.29, 1.82) is 0 Å². The lowest BCUT2D eigenvalue weighted by atomic mass is 10.1. The number of hydrogen-bond donors (Lipinski definition) is 2. The molecule has 0 heterocycles. The number of hydrogen-bond acceptors (Lipinski definition) is 3. The second kappa shape index (κ2) is 8.59. The highest BCUT2D eigenvalue weighted by Gasteiger charge is 2.35. The molecule has 0 aliphatic heterocycles. The van der Waals surface area contributed by atoms with E-state index in [1.807, 2.05) is 18.8 Å². The van der Waals surface area contributed by atoms with Crippen LogP contribution in [0.25, 0.3) is 0 Å². The van der Waals surface area contributed by atoms with Crippen molar-refractivity contribution >= 4 is 17.7 Å². The van der Waals surface area contributed by atoms with E-state index < -0.39 is 0 Å². The Kier molecular flexibility index (Phi) is 6.77. The Labute approximate surface area is 138 Å². The Morgan fingerprint density at radius 2 is 1.91 bits per heavy atom. The van der Waals surface area contributed by atoms with E-state index >= 15 is 0 Å². The SMILES string of the molecule is CNCCCC(=O)NCC1(Sc2ccc(C)cc2)CCCC1. The lowest BCUT2D eigenvalue weighted by Gasteiger charge is -2.29. The van der Waals surface area contributed by atoms with Crippen LogP contribution in [0.1, 0.15) is 44.1 Å². The molecule has 1 fully saturated rings. The van der Waals surface area contributed by atoms with E-state index in [-0.39, 0.29) is 10.7 Å². The van der Waals surface area contributed by atoms with Crippen LogP contribution in [-0.4, -0.2) is 30.8 Å². The molecule has 2 N–H and O–H groups in total. The normalized spacial score (nSPS) is 16.6. The molecule has 0 radical (unpaired) electrons. The minimum absolute atomic E-state index is 0.186. The van der Waals surface area contributed by atoms with Gasteiger partial charge in [0.25, 0.3) is 0 Å². The minimum Gasteiger partial charge on any atom is -0.355 e. The lowest BCUT2D eigenvalue weighted by Crippen LogP contribution is -2.38. The molecule has 0 spiro atoms. The van der Waals surface area contributed by atoms with E-state index in [0.29, 0.717) is 6.42 Å². The van der Waals surface area contributed by atoms with E-state index in [1.165, 1.54) is 36.1 Å². The summed E-state index contributed by atoms with van der Waals surface area (Å²) in [6.07, 6.45) is 6.46. The summed E-state index contributed by atoms with van der Waals surface area (Å²) in [5.74, 6) is 0.186. The molecule has 1 aromatic rings. The molecular formula is C18H28N2OS. The molecule has 0 aromatic heterocycles. The van der Waals surface area contributed by atoms with Crippen LogP contribution in [0.2, 0.25) is 0 Å². The molecule has 122 valence electrons. The molecule has 2 rings (SSSR count). The van der Waals surface area contributed by atoms with Crippen molar-refractivity contribution in [1.82, 2.24) is 10.6 Å². The number of thioether (sulfide) groups is 1. The van der Waals surface area contributed by atoms with E-state index in [4.69, 9.17) is 0 Å². The second-order valence-corrected chi connectivity index (χ2v) is 7.83. The van der Waals surface area contributed by atoms with Crippen molar-refractivity contribution in [2.24, 2.45) is 0 Å². The van der Waals surface area contributed by atoms with Gasteiger partial charge in [-0.3, -0.25) is 4.79 Å². The van der Waals surface area contributed by atoms with Gasteiger partial charge in [-0.2, -0.15) is 0 Å². The summed E-state index contributed by atoms with van der Waals surface area (Å²) < 4.78 is 0.188. The molecule has 22 heavy (non-hydrogen) atoms. The summed E-state index contributed by atoms with van der Waals surface area (Å²) in [6.45, 7) is 3.81. The highest BCUT2D eigenvalue weighted by Crippen LogP contribution is 2.44. The fourth-order valence-electron chi connectivity index (χ4n) is 2.96. The molecular weight excluding hydrogens is 292 g/mol. The quantitative estimate of drug-likeness (QED) is 0.720. The van der Waals surface area contributed by atoms with E-state index in [9.17, 15) is 4.79 Å². The van der Waals surface area contributed by atoms with Crippen LogP contribution in [-0.2, 0) is 4.79 Å². The summed E-state index contributed by atoms with van der Waals surface area (Å²) in [6, 6.07) is 8.74. The van der Waals surface area contributed by atoms with Crippen molar-refractivity contribution in [3.8, 4) is 0 Å². The first-order chi connectivity index (χ1) is 10.6. The van der Waals surface area contributed by atoms with Crippen LogP contribution < -0.4 is 10.6 Å². The van der Waals surface area contributed by atoms with Gasteiger partial charge in [0.1, 0.15) is 0 Å². The number of nitrogens with one attached hydrogen (secondary N) is 2. The number of carbonyl (C=O) groups is 1. The average molecular weight is 321 g/mol. The van der Waals surface area contributed by atoms with Crippen LogP contribution in [0.4, 0.5) is 0 Å². The van der Waals surface area contributed by atoms with Gasteiger partial charge in [0.05, 0.1) is 0 Å². The second-order valence-electron chi connectivity index (χ2n) is 6.29. The fourth-order valence-corrected chi connectivity index (χ4v) is 4.37. The van der Waals surface area contributed by atoms with Gasteiger partial charge >= 0.3 is 0 Å². The summed E-state index contributed by atoms with van der Waals surface area (Å²) in [7, 11) is 1.92. The third-order valence-corrected chi connectivity index (χ3v) is 5.80. The van der Waals surface area contributed by atoms with Gasteiger partial charge in [-0.15, -0.1) is 11.8 Å². The smallest absolute Gasteiger partial charge is 0.220 e. The van der Waals surface area contributed by atoms with Crippen molar-refractivity contribution < 1.29 is 4.79 Å². The van der Waals surface area contributed by atoms with E-state index in [0.717, 1.165) is 19.5 Å². The molecule has 4 heteroatoms. The fraction of sp³-hybridized carbons (Fsp3) is 0.611. The number of carbonyl (C=O) groups excluding carboxylic acids is 1. The summed E-state index contributed by atoms with van der Waals surface area (Å²) in [5.41, 5.74) is 1.29. The lowest BCUT2D eigenvalue weighted by molar-refractivity contribution is -0.121. The maximum absolute atomic E-state index is 12.0. The molecule has 1 aliphatic carbocycles. The Morgan fingerprint density at radius 3 is 2.55 bits per heavy atom. The molecule has 1 amide bonds. The van der Waals surface area contributed by atoms with Crippen LogP contribution >= 0.6 is 11.8 Å². The third-order valence-electron chi connectivity index (χ3n) is 4.31. The van der Waals surface area contributed by atoms with Gasteiger partial charge < -0.3 is 10.6 Å². The van der Waals surface area contributed by atoms with Crippen molar-refractivity contribution in [3.63, 3.8) is 0 Å². The zero-order valence-corrected chi connectivity index (χ0v) is 14.6. The molecule has 0 unspecified atom stereocenters. The van der Waals surface area contributed by atoms with Gasteiger partial charge in [-0.1, -0.05) is 30.5 Å². The van der Waals surface area contributed by atoms with E-state index in [1.54, 1.807) is 0 Å². The highest BCUT2D eigenvalue weighted by molar-refractivity contribution is 8.00. The van der Waals surface area contributed by atoms with E-state index in [2.05, 4.69) is 41.8 Å². The highest BCUT2D eigenvalue weighted by atomic mass is 32.2. The third kappa shape index (κ3) is 5.33. The van der Waals surface area contributed by atoms with Gasteiger partial charge in [0.15, 0.2) is 0 Å². The summed E-state index contributed by atoms with van der Waals surface area (Å²) in [5, 5.41) is 6.25. The monoisotopic (exact) mass is 320 g/mol. The standard InChI is InChI=1S/C18H28N2OS/c1-15-7-9-16(10-8-15)22-18(11-3-4-12-18)14-20-17(21)6-5-13-19-2/h7-10,19H,3-6,11-14H2,1-2H3,(H,20,21). The first-order valence-corrected chi connectivity index (χ1v) is 9.12. The van der Waals surface area contributed by atoms with Gasteiger partial charge in [0.2, 0.25) is 5.91 Å². The Balaban J connectivity index is 1.88. The molecule has 0 bridgehead atoms. The minimum atomic E-state index is 0.186. The van der Waals surface area contributed by atoms with Crippen molar-refractivity contribution in [2.75, 3.05) is 20.1 Å². The van der Waals surface area contributed by atoms with Crippen LogP contribution in [0.3, 0.4) is 0 Å². The first kappa shape index (κ1) is 17.4. The number of aryl methyl sites for hydroxylation is 1. The molecule has 0 atom stereocenters. The van der Waals surface area contributed by atoms with Crippen molar-refractivity contribution in [2.45, 2.75) is 55.1 Å². The molecule has 0 saturated heterocycles. The Bertz CT molecular complexity index is 466. The predicted molar refractivity (Wildman–Crippen MR) is 94.4 cm³/mol. The van der Waals surface area contributed by atoms with Crippen LogP contribution in [0.5, 0.6) is 0 Å².